The second-order valence-electron chi connectivity index (χ2n) is 4.31. The van der Waals surface area contributed by atoms with Crippen molar-refractivity contribution in [3.05, 3.63) is 59.4 Å². The fourth-order valence-electron chi connectivity index (χ4n) is 1.84. The molecule has 1 aromatic heterocycles. The monoisotopic (exact) mass is 286 g/mol. The van der Waals surface area contributed by atoms with Crippen LogP contribution in [-0.2, 0) is 6.42 Å². The lowest BCUT2D eigenvalue weighted by molar-refractivity contribution is 0.0696. The minimum absolute atomic E-state index is 0.0934. The summed E-state index contributed by atoms with van der Waals surface area (Å²) in [4.78, 5) is 15.0. The Kier molecular flexibility index (Phi) is 4.50. The van der Waals surface area contributed by atoms with Gasteiger partial charge in [0.05, 0.1) is 18.4 Å². The summed E-state index contributed by atoms with van der Waals surface area (Å²) >= 11 is 0. The van der Waals surface area contributed by atoms with Crippen molar-refractivity contribution in [2.24, 2.45) is 5.16 Å². The number of benzene rings is 1. The van der Waals surface area contributed by atoms with Gasteiger partial charge < -0.3 is 15.1 Å². The standard InChI is InChI=1S/C15H14N2O4/c1-21-12-4-2-10(3-5-12)8-14(17-20)13-9-11(15(18)19)6-7-16-13/h2-7,9,20H,8H2,1H3,(H,18,19)/b17-14+. The number of carboxylic acid groups (broad SMARTS) is 1. The molecule has 0 bridgehead atoms. The van der Waals surface area contributed by atoms with Crippen molar-refractivity contribution in [2.75, 3.05) is 7.11 Å². The van der Waals surface area contributed by atoms with Crippen molar-refractivity contribution in [1.82, 2.24) is 4.98 Å². The van der Waals surface area contributed by atoms with E-state index in [9.17, 15) is 4.79 Å². The number of ether oxygens (including phenoxy) is 1. The summed E-state index contributed by atoms with van der Waals surface area (Å²) in [6, 6.07) is 10.0. The molecule has 1 aromatic carbocycles. The molecule has 2 aromatic rings. The Morgan fingerprint density at radius 3 is 2.57 bits per heavy atom. The molecule has 0 spiro atoms. The molecule has 0 radical (unpaired) electrons. The molecule has 2 rings (SSSR count). The van der Waals surface area contributed by atoms with Crippen LogP contribution in [0.4, 0.5) is 0 Å². The maximum Gasteiger partial charge on any atom is 0.335 e. The molecule has 0 saturated carbocycles. The average molecular weight is 286 g/mol. The molecule has 0 saturated heterocycles. The zero-order valence-electron chi connectivity index (χ0n) is 11.4. The lowest BCUT2D eigenvalue weighted by Gasteiger charge is -2.06. The number of oxime groups is 1. The first-order valence-electron chi connectivity index (χ1n) is 6.17. The molecule has 0 aliphatic carbocycles. The number of methoxy groups -OCH3 is 1. The number of hydrogen-bond acceptors (Lipinski definition) is 5. The zero-order chi connectivity index (χ0) is 15.2. The SMILES string of the molecule is COc1ccc(C/C(=N\O)c2cc(C(=O)O)ccn2)cc1. The third-order valence-electron chi connectivity index (χ3n) is 2.95. The van der Waals surface area contributed by atoms with Crippen LogP contribution in [-0.4, -0.2) is 34.1 Å². The molecular formula is C15H14N2O4. The van der Waals surface area contributed by atoms with Crippen molar-refractivity contribution in [2.45, 2.75) is 6.42 Å². The van der Waals surface area contributed by atoms with E-state index in [1.165, 1.54) is 18.3 Å². The van der Waals surface area contributed by atoms with E-state index in [0.717, 1.165) is 11.3 Å². The summed E-state index contributed by atoms with van der Waals surface area (Å²) in [5.74, 6) is -0.326. The van der Waals surface area contributed by atoms with E-state index in [0.29, 0.717) is 17.8 Å². The number of aromatic nitrogens is 1. The smallest absolute Gasteiger partial charge is 0.335 e. The van der Waals surface area contributed by atoms with E-state index < -0.39 is 5.97 Å². The molecule has 0 fully saturated rings. The largest absolute Gasteiger partial charge is 0.497 e. The van der Waals surface area contributed by atoms with Gasteiger partial charge in [0.1, 0.15) is 11.5 Å². The van der Waals surface area contributed by atoms with Gasteiger partial charge in [-0.3, -0.25) is 4.98 Å². The van der Waals surface area contributed by atoms with Gasteiger partial charge in [-0.2, -0.15) is 0 Å². The van der Waals surface area contributed by atoms with E-state index in [1.807, 2.05) is 12.1 Å². The Balaban J connectivity index is 2.23. The summed E-state index contributed by atoms with van der Waals surface area (Å²) in [6.45, 7) is 0. The van der Waals surface area contributed by atoms with Crippen LogP contribution in [0.1, 0.15) is 21.6 Å². The highest BCUT2D eigenvalue weighted by Crippen LogP contribution is 2.14. The van der Waals surface area contributed by atoms with Gasteiger partial charge in [-0.05, 0) is 29.8 Å². The third-order valence-corrected chi connectivity index (χ3v) is 2.95. The van der Waals surface area contributed by atoms with E-state index in [1.54, 1.807) is 19.2 Å². The summed E-state index contributed by atoms with van der Waals surface area (Å²) in [5, 5.41) is 21.3. The Morgan fingerprint density at radius 2 is 2.00 bits per heavy atom. The maximum absolute atomic E-state index is 10.9. The van der Waals surface area contributed by atoms with Gasteiger partial charge in [0.25, 0.3) is 0 Å². The number of aromatic carboxylic acids is 1. The zero-order valence-corrected chi connectivity index (χ0v) is 11.4. The quantitative estimate of drug-likeness (QED) is 0.499. The van der Waals surface area contributed by atoms with Crippen LogP contribution in [0.3, 0.4) is 0 Å². The lowest BCUT2D eigenvalue weighted by atomic mass is 10.0. The molecule has 108 valence electrons. The van der Waals surface area contributed by atoms with E-state index in [2.05, 4.69) is 10.1 Å². The second-order valence-corrected chi connectivity index (χ2v) is 4.31. The van der Waals surface area contributed by atoms with E-state index >= 15 is 0 Å². The molecule has 0 aliphatic rings. The summed E-state index contributed by atoms with van der Waals surface area (Å²) < 4.78 is 5.07. The molecule has 6 heteroatoms. The van der Waals surface area contributed by atoms with Gasteiger partial charge in [0.15, 0.2) is 0 Å². The normalized spacial score (nSPS) is 11.2. The Bertz CT molecular complexity index is 666. The van der Waals surface area contributed by atoms with Crippen molar-refractivity contribution < 1.29 is 19.8 Å². The molecule has 0 unspecified atom stereocenters. The molecule has 21 heavy (non-hydrogen) atoms. The van der Waals surface area contributed by atoms with Gasteiger partial charge in [-0.25, -0.2) is 4.79 Å². The van der Waals surface area contributed by atoms with Crippen molar-refractivity contribution >= 4 is 11.7 Å². The molecule has 0 atom stereocenters. The average Bonchev–Trinajstić information content (AvgIpc) is 2.53. The molecule has 2 N–H and O–H groups in total. The number of carboxylic acids is 1. The minimum Gasteiger partial charge on any atom is -0.497 e. The van der Waals surface area contributed by atoms with Crippen LogP contribution in [0.15, 0.2) is 47.8 Å². The number of rotatable bonds is 5. The number of nitrogens with zero attached hydrogens (tertiary/aromatic N) is 2. The van der Waals surface area contributed by atoms with Crippen LogP contribution in [0.25, 0.3) is 0 Å². The first-order chi connectivity index (χ1) is 10.1. The third kappa shape index (κ3) is 3.56. The summed E-state index contributed by atoms with van der Waals surface area (Å²) in [6.07, 6.45) is 1.70. The van der Waals surface area contributed by atoms with Gasteiger partial charge in [0, 0.05) is 12.6 Å². The van der Waals surface area contributed by atoms with Crippen LogP contribution in [0, 0.1) is 0 Å². The summed E-state index contributed by atoms with van der Waals surface area (Å²) in [7, 11) is 1.58. The lowest BCUT2D eigenvalue weighted by Crippen LogP contribution is -2.09. The Morgan fingerprint density at radius 1 is 1.29 bits per heavy atom. The van der Waals surface area contributed by atoms with Crippen molar-refractivity contribution in [1.29, 1.82) is 0 Å². The van der Waals surface area contributed by atoms with Crippen LogP contribution in [0.5, 0.6) is 5.75 Å². The predicted molar refractivity (Wildman–Crippen MR) is 76.2 cm³/mol. The van der Waals surface area contributed by atoms with E-state index in [4.69, 9.17) is 15.1 Å². The number of hydrogen-bond donors (Lipinski definition) is 2. The minimum atomic E-state index is -1.06. The highest BCUT2D eigenvalue weighted by Gasteiger charge is 2.11. The second kappa shape index (κ2) is 6.51. The molecule has 1 heterocycles. The van der Waals surface area contributed by atoms with Gasteiger partial charge in [-0.1, -0.05) is 17.3 Å². The Hall–Kier alpha value is -2.89. The summed E-state index contributed by atoms with van der Waals surface area (Å²) in [5.41, 5.74) is 1.61. The Labute approximate surface area is 121 Å². The number of pyridine rings is 1. The van der Waals surface area contributed by atoms with Gasteiger partial charge in [-0.15, -0.1) is 0 Å². The van der Waals surface area contributed by atoms with Crippen LogP contribution in [0.2, 0.25) is 0 Å². The van der Waals surface area contributed by atoms with Crippen molar-refractivity contribution in [3.8, 4) is 5.75 Å². The fraction of sp³-hybridized carbons (Fsp3) is 0.133. The van der Waals surface area contributed by atoms with E-state index in [-0.39, 0.29) is 5.56 Å². The molecule has 0 amide bonds. The van der Waals surface area contributed by atoms with Crippen LogP contribution < -0.4 is 4.74 Å². The van der Waals surface area contributed by atoms with Crippen molar-refractivity contribution in [3.63, 3.8) is 0 Å². The molecular weight excluding hydrogens is 272 g/mol. The predicted octanol–water partition coefficient (Wildman–Crippen LogP) is 2.21. The van der Waals surface area contributed by atoms with Crippen LogP contribution >= 0.6 is 0 Å². The fourth-order valence-corrected chi connectivity index (χ4v) is 1.84. The maximum atomic E-state index is 10.9. The first-order valence-corrected chi connectivity index (χ1v) is 6.17. The highest BCUT2D eigenvalue weighted by atomic mass is 16.5. The van der Waals surface area contributed by atoms with Gasteiger partial charge in [0.2, 0.25) is 0 Å². The molecule has 0 aliphatic heterocycles. The topological polar surface area (TPSA) is 92.0 Å². The highest BCUT2D eigenvalue weighted by molar-refractivity contribution is 6.01. The number of carbonyl (C=O) groups is 1. The van der Waals surface area contributed by atoms with Gasteiger partial charge >= 0.3 is 5.97 Å². The first kappa shape index (κ1) is 14.5. The molecule has 6 nitrogen and oxygen atoms in total.